The summed E-state index contributed by atoms with van der Waals surface area (Å²) in [5.41, 5.74) is 0. The lowest BCUT2D eigenvalue weighted by molar-refractivity contribution is 0.0487. The maximum atomic E-state index is 12.2. The van der Waals surface area contributed by atoms with Gasteiger partial charge in [-0.3, -0.25) is 4.99 Å². The quantitative estimate of drug-likeness (QED) is 0.153. The zero-order chi connectivity index (χ0) is 20.2. The molecule has 0 aromatic rings. The molecule has 2 rings (SSSR count). The molecule has 0 aromatic carbocycles. The van der Waals surface area contributed by atoms with Crippen LogP contribution in [0, 0.1) is 0 Å². The molecule has 0 unspecified atom stereocenters. The average molecular weight is 545 g/mol. The first-order valence-electron chi connectivity index (χ1n) is 11.2. The van der Waals surface area contributed by atoms with E-state index >= 15 is 0 Å². The largest absolute Gasteiger partial charge is 0.376 e. The first-order chi connectivity index (χ1) is 13.5. The highest BCUT2D eigenvalue weighted by Gasteiger charge is 2.27. The van der Waals surface area contributed by atoms with Crippen LogP contribution < -0.4 is 10.6 Å². The normalized spacial score (nSPS) is 20.7. The number of halogens is 1. The SMILES string of the molecule is CCCS(=O)(=O)N1CCC(NC(=NCCOC2CCCCCC2)NCC)CC1.I. The van der Waals surface area contributed by atoms with E-state index in [0.29, 0.717) is 38.8 Å². The Morgan fingerprint density at radius 1 is 1.07 bits per heavy atom. The fourth-order valence-electron chi connectivity index (χ4n) is 3.96. The smallest absolute Gasteiger partial charge is 0.214 e. The molecule has 1 saturated heterocycles. The second-order valence-corrected chi connectivity index (χ2v) is 9.97. The van der Waals surface area contributed by atoms with Gasteiger partial charge in [-0.05, 0) is 39.0 Å². The molecule has 1 saturated carbocycles. The van der Waals surface area contributed by atoms with Crippen LogP contribution in [0.15, 0.2) is 4.99 Å². The van der Waals surface area contributed by atoms with Gasteiger partial charge in [-0.15, -0.1) is 24.0 Å². The van der Waals surface area contributed by atoms with Crippen LogP contribution in [0.4, 0.5) is 0 Å². The summed E-state index contributed by atoms with van der Waals surface area (Å²) in [5.74, 6) is 1.05. The minimum Gasteiger partial charge on any atom is -0.376 e. The Labute approximate surface area is 194 Å². The lowest BCUT2D eigenvalue weighted by Crippen LogP contribution is -2.50. The maximum absolute atomic E-state index is 12.2. The van der Waals surface area contributed by atoms with Crippen molar-refractivity contribution in [2.75, 3.05) is 38.5 Å². The van der Waals surface area contributed by atoms with Gasteiger partial charge in [0.25, 0.3) is 0 Å². The van der Waals surface area contributed by atoms with Crippen molar-refractivity contribution < 1.29 is 13.2 Å². The number of guanidine groups is 1. The second-order valence-electron chi connectivity index (χ2n) is 7.88. The minimum atomic E-state index is -3.08. The summed E-state index contributed by atoms with van der Waals surface area (Å²) in [5, 5.41) is 6.76. The van der Waals surface area contributed by atoms with E-state index in [1.54, 1.807) is 4.31 Å². The van der Waals surface area contributed by atoms with Crippen LogP contribution in [0.5, 0.6) is 0 Å². The lowest BCUT2D eigenvalue weighted by atomic mass is 10.1. The third-order valence-corrected chi connectivity index (χ3v) is 7.59. The number of rotatable bonds is 9. The van der Waals surface area contributed by atoms with Gasteiger partial charge in [-0.1, -0.05) is 32.6 Å². The van der Waals surface area contributed by atoms with E-state index in [2.05, 4.69) is 22.5 Å². The van der Waals surface area contributed by atoms with Crippen molar-refractivity contribution in [1.82, 2.24) is 14.9 Å². The highest BCUT2D eigenvalue weighted by Crippen LogP contribution is 2.19. The Kier molecular flexibility index (Phi) is 13.7. The van der Waals surface area contributed by atoms with E-state index in [1.807, 2.05) is 6.92 Å². The molecule has 2 fully saturated rings. The Bertz CT molecular complexity index is 558. The van der Waals surface area contributed by atoms with Crippen molar-refractivity contribution in [1.29, 1.82) is 0 Å². The predicted molar refractivity (Wildman–Crippen MR) is 131 cm³/mol. The second kappa shape index (κ2) is 14.8. The van der Waals surface area contributed by atoms with Gasteiger partial charge < -0.3 is 15.4 Å². The molecule has 7 nitrogen and oxygen atoms in total. The summed E-state index contributed by atoms with van der Waals surface area (Å²) in [6, 6.07) is 0.258. The molecule has 9 heteroatoms. The van der Waals surface area contributed by atoms with Gasteiger partial charge in [0, 0.05) is 25.7 Å². The van der Waals surface area contributed by atoms with Gasteiger partial charge in [0.05, 0.1) is 25.0 Å². The zero-order valence-corrected chi connectivity index (χ0v) is 21.3. The van der Waals surface area contributed by atoms with Gasteiger partial charge in [-0.2, -0.15) is 0 Å². The highest BCUT2D eigenvalue weighted by atomic mass is 127. The molecule has 0 bridgehead atoms. The van der Waals surface area contributed by atoms with Gasteiger partial charge in [0.1, 0.15) is 0 Å². The molecule has 0 aromatic heterocycles. The number of nitrogens with one attached hydrogen (secondary N) is 2. The lowest BCUT2D eigenvalue weighted by Gasteiger charge is -2.32. The van der Waals surface area contributed by atoms with E-state index in [0.717, 1.165) is 25.3 Å². The summed E-state index contributed by atoms with van der Waals surface area (Å²) < 4.78 is 32.1. The van der Waals surface area contributed by atoms with Crippen LogP contribution >= 0.6 is 24.0 Å². The average Bonchev–Trinajstić information content (AvgIpc) is 2.94. The predicted octanol–water partition coefficient (Wildman–Crippen LogP) is 3.10. The van der Waals surface area contributed by atoms with Crippen molar-refractivity contribution in [3.8, 4) is 0 Å². The number of nitrogens with zero attached hydrogens (tertiary/aromatic N) is 2. The summed E-state index contributed by atoms with van der Waals surface area (Å²) >= 11 is 0. The maximum Gasteiger partial charge on any atom is 0.214 e. The first kappa shape index (κ1) is 26.9. The van der Waals surface area contributed by atoms with E-state index in [1.165, 1.54) is 38.5 Å². The van der Waals surface area contributed by atoms with Gasteiger partial charge in [-0.25, -0.2) is 12.7 Å². The van der Waals surface area contributed by atoms with Crippen molar-refractivity contribution >= 4 is 40.0 Å². The van der Waals surface area contributed by atoms with Crippen molar-refractivity contribution in [3.63, 3.8) is 0 Å². The molecular formula is C20H41IN4O3S. The number of sulfonamides is 1. The number of ether oxygens (including phenoxy) is 1. The van der Waals surface area contributed by atoms with E-state index < -0.39 is 10.0 Å². The van der Waals surface area contributed by atoms with Crippen molar-refractivity contribution in [2.24, 2.45) is 4.99 Å². The molecule has 172 valence electrons. The minimum absolute atomic E-state index is 0. The van der Waals surface area contributed by atoms with Crippen LogP contribution in [0.25, 0.3) is 0 Å². The van der Waals surface area contributed by atoms with Gasteiger partial charge in [0.15, 0.2) is 5.96 Å². The highest BCUT2D eigenvalue weighted by molar-refractivity contribution is 14.0. The monoisotopic (exact) mass is 544 g/mol. The van der Waals surface area contributed by atoms with Crippen molar-refractivity contribution in [3.05, 3.63) is 0 Å². The van der Waals surface area contributed by atoms with E-state index in [9.17, 15) is 8.42 Å². The Morgan fingerprint density at radius 2 is 1.72 bits per heavy atom. The summed E-state index contributed by atoms with van der Waals surface area (Å²) in [7, 11) is -3.08. The van der Waals surface area contributed by atoms with Crippen molar-refractivity contribution in [2.45, 2.75) is 83.8 Å². The van der Waals surface area contributed by atoms with Gasteiger partial charge >= 0.3 is 0 Å². The number of hydrogen-bond acceptors (Lipinski definition) is 4. The molecular weight excluding hydrogens is 503 g/mol. The molecule has 29 heavy (non-hydrogen) atoms. The van der Waals surface area contributed by atoms with Crippen LogP contribution in [0.2, 0.25) is 0 Å². The number of piperidine rings is 1. The standard InChI is InChI=1S/C20H40N4O3S.HI/c1-3-17-28(25,26)24-14-11-18(12-15-24)23-20(21-4-2)22-13-16-27-19-9-7-5-6-8-10-19;/h18-19H,3-17H2,1-2H3,(H2,21,22,23);1H. The van der Waals surface area contributed by atoms with Gasteiger partial charge in [0.2, 0.25) is 10.0 Å². The van der Waals surface area contributed by atoms with Crippen LogP contribution in [-0.2, 0) is 14.8 Å². The Balaban J connectivity index is 0.00000420. The molecule has 0 atom stereocenters. The third kappa shape index (κ3) is 10.1. The zero-order valence-electron chi connectivity index (χ0n) is 18.2. The fourth-order valence-corrected chi connectivity index (χ4v) is 5.51. The van der Waals surface area contributed by atoms with E-state index in [4.69, 9.17) is 4.74 Å². The molecule has 0 spiro atoms. The van der Waals surface area contributed by atoms with Crippen LogP contribution in [0.1, 0.15) is 71.6 Å². The molecule has 0 radical (unpaired) electrons. The van der Waals surface area contributed by atoms with E-state index in [-0.39, 0.29) is 35.8 Å². The molecule has 2 N–H and O–H groups in total. The molecule has 2 aliphatic rings. The molecule has 1 heterocycles. The fraction of sp³-hybridized carbons (Fsp3) is 0.950. The number of aliphatic imine (C=N–C) groups is 1. The first-order valence-corrected chi connectivity index (χ1v) is 12.8. The molecule has 1 aliphatic carbocycles. The summed E-state index contributed by atoms with van der Waals surface area (Å²) in [4.78, 5) is 4.65. The third-order valence-electron chi connectivity index (χ3n) is 5.51. The van der Waals surface area contributed by atoms with Crippen LogP contribution in [0.3, 0.4) is 0 Å². The Morgan fingerprint density at radius 3 is 2.31 bits per heavy atom. The molecule has 0 amide bonds. The molecule has 1 aliphatic heterocycles. The summed E-state index contributed by atoms with van der Waals surface area (Å²) in [6.45, 7) is 7.25. The van der Waals surface area contributed by atoms with Crippen LogP contribution in [-0.4, -0.2) is 69.4 Å². The topological polar surface area (TPSA) is 83.0 Å². The Hall–Kier alpha value is -0.130. The summed E-state index contributed by atoms with van der Waals surface area (Å²) in [6.07, 6.45) is 10.3. The number of hydrogen-bond donors (Lipinski definition) is 2.